The van der Waals surface area contributed by atoms with Gasteiger partial charge in [0, 0.05) is 27.4 Å². The molecule has 210 valence electrons. The fourth-order valence-corrected chi connectivity index (χ4v) is 7.89. The molecule has 0 radical (unpaired) electrons. The number of halogens is 3. The van der Waals surface area contributed by atoms with E-state index in [-0.39, 0.29) is 30.3 Å². The van der Waals surface area contributed by atoms with Gasteiger partial charge in [-0.1, -0.05) is 77.8 Å². The Hall–Kier alpha value is -3.40. The number of methoxy groups -OCH3 is 1. The van der Waals surface area contributed by atoms with Gasteiger partial charge in [-0.15, -0.1) is 0 Å². The van der Waals surface area contributed by atoms with Crippen molar-refractivity contribution in [2.45, 2.75) is 18.4 Å². The molecule has 1 heterocycles. The lowest BCUT2D eigenvalue weighted by Crippen LogP contribution is -2.41. The third-order valence-electron chi connectivity index (χ3n) is 8.39. The van der Waals surface area contributed by atoms with Crippen LogP contribution in [0.15, 0.2) is 84.0 Å². The highest BCUT2D eigenvalue weighted by Crippen LogP contribution is 2.61. The quantitative estimate of drug-likeness (QED) is 0.119. The molecule has 4 aromatic carbocycles. The molecule has 6 nitrogen and oxygen atoms in total. The van der Waals surface area contributed by atoms with Gasteiger partial charge < -0.3 is 9.47 Å². The van der Waals surface area contributed by atoms with E-state index in [4.69, 9.17) is 32.7 Å². The number of amides is 2. The van der Waals surface area contributed by atoms with Gasteiger partial charge in [0.05, 0.1) is 28.7 Å². The number of nitrogens with zero attached hydrogens (tertiary/aromatic N) is 2. The Morgan fingerprint density at radius 1 is 0.857 bits per heavy atom. The predicted octanol–water partition coefficient (Wildman–Crippen LogP) is 7.41. The number of carbonyl (C=O) groups excluding carboxylic acids is 2. The Labute approximate surface area is 266 Å². The molecule has 0 aromatic heterocycles. The Morgan fingerprint density at radius 3 is 1.95 bits per heavy atom. The molecular weight excluding hydrogens is 686 g/mol. The van der Waals surface area contributed by atoms with E-state index in [1.165, 1.54) is 6.21 Å². The van der Waals surface area contributed by atoms with Crippen LogP contribution in [0.1, 0.15) is 45.2 Å². The van der Waals surface area contributed by atoms with E-state index in [1.54, 1.807) is 25.3 Å². The topological polar surface area (TPSA) is 68.2 Å². The fraction of sp³-hybridized carbons (Fsp3) is 0.182. The number of hydrogen-bond acceptors (Lipinski definition) is 5. The fourth-order valence-electron chi connectivity index (χ4n) is 6.64. The number of carbonyl (C=O) groups is 2. The molecule has 42 heavy (non-hydrogen) atoms. The first-order valence-corrected chi connectivity index (χ1v) is 15.2. The summed E-state index contributed by atoms with van der Waals surface area (Å²) in [4.78, 5) is 27.6. The van der Waals surface area contributed by atoms with Gasteiger partial charge in [-0.25, -0.2) is 0 Å². The highest BCUT2D eigenvalue weighted by Gasteiger charge is 2.61. The van der Waals surface area contributed by atoms with Crippen LogP contribution in [-0.4, -0.2) is 30.1 Å². The lowest BCUT2D eigenvalue weighted by molar-refractivity contribution is -0.139. The summed E-state index contributed by atoms with van der Waals surface area (Å²) in [6, 6.07) is 25.2. The summed E-state index contributed by atoms with van der Waals surface area (Å²) in [5.41, 5.74) is 5.97. The molecule has 0 unspecified atom stereocenters. The minimum Gasteiger partial charge on any atom is -0.493 e. The Kier molecular flexibility index (Phi) is 6.99. The number of hydrogen-bond donors (Lipinski definition) is 0. The molecule has 2 bridgehead atoms. The second-order valence-electron chi connectivity index (χ2n) is 10.6. The zero-order valence-electron chi connectivity index (χ0n) is 22.3. The van der Waals surface area contributed by atoms with E-state index >= 15 is 0 Å². The van der Waals surface area contributed by atoms with Crippen molar-refractivity contribution in [3.8, 4) is 11.5 Å². The molecule has 2 atom stereocenters. The average Bonchev–Trinajstić information content (AvgIpc) is 3.25. The van der Waals surface area contributed by atoms with Crippen LogP contribution in [0.5, 0.6) is 11.5 Å². The van der Waals surface area contributed by atoms with Crippen LogP contribution in [0.3, 0.4) is 0 Å². The Bertz CT molecular complexity index is 1690. The predicted molar refractivity (Wildman–Crippen MR) is 170 cm³/mol. The van der Waals surface area contributed by atoms with Gasteiger partial charge in [0.2, 0.25) is 0 Å². The standard InChI is InChI=1S/C33H23Cl2IN2O4/c1-41-26-13-17(12-25(36)31(26)42-16-18-10-11-19(34)14-24(18)35)15-37-38-32(39)29-27-20-6-2-3-7-21(20)28(30(29)33(38)40)23-9-5-4-8-22(23)27/h2-15,27-30H,16H2,1H3/b37-15-/t27?,28?,29-,30-/m0/s1. The molecule has 0 spiro atoms. The van der Waals surface area contributed by atoms with E-state index < -0.39 is 11.8 Å². The third-order valence-corrected chi connectivity index (χ3v) is 9.77. The van der Waals surface area contributed by atoms with Gasteiger partial charge in [-0.05, 0) is 74.7 Å². The molecule has 0 N–H and O–H groups in total. The van der Waals surface area contributed by atoms with Crippen LogP contribution in [0.2, 0.25) is 10.0 Å². The first-order chi connectivity index (χ1) is 20.4. The summed E-state index contributed by atoms with van der Waals surface area (Å²) < 4.78 is 12.4. The van der Waals surface area contributed by atoms with E-state index in [9.17, 15) is 9.59 Å². The van der Waals surface area contributed by atoms with Crippen molar-refractivity contribution in [2.75, 3.05) is 7.11 Å². The molecule has 1 fully saturated rings. The number of ether oxygens (including phenoxy) is 2. The van der Waals surface area contributed by atoms with Crippen LogP contribution in [0.4, 0.5) is 0 Å². The van der Waals surface area contributed by atoms with Crippen LogP contribution in [0, 0.1) is 15.4 Å². The molecule has 4 aromatic rings. The van der Waals surface area contributed by atoms with Gasteiger partial charge in [0.15, 0.2) is 11.5 Å². The summed E-state index contributed by atoms with van der Waals surface area (Å²) in [6.07, 6.45) is 1.53. The lowest BCUT2D eigenvalue weighted by atomic mass is 9.55. The number of imide groups is 1. The molecule has 3 aliphatic carbocycles. The van der Waals surface area contributed by atoms with Crippen molar-refractivity contribution in [2.24, 2.45) is 16.9 Å². The van der Waals surface area contributed by atoms with Crippen molar-refractivity contribution in [3.05, 3.63) is 126 Å². The average molecular weight is 709 g/mol. The van der Waals surface area contributed by atoms with E-state index in [1.807, 2.05) is 36.4 Å². The zero-order valence-corrected chi connectivity index (χ0v) is 25.9. The molecule has 2 amide bonds. The summed E-state index contributed by atoms with van der Waals surface area (Å²) >= 11 is 14.5. The largest absolute Gasteiger partial charge is 0.493 e. The van der Waals surface area contributed by atoms with Gasteiger partial charge in [-0.3, -0.25) is 9.59 Å². The maximum absolute atomic E-state index is 13.8. The highest BCUT2D eigenvalue weighted by atomic mass is 127. The van der Waals surface area contributed by atoms with Crippen LogP contribution in [0.25, 0.3) is 0 Å². The second kappa shape index (κ2) is 10.7. The van der Waals surface area contributed by atoms with Crippen molar-refractivity contribution in [3.63, 3.8) is 0 Å². The first kappa shape index (κ1) is 27.4. The molecule has 4 aliphatic rings. The van der Waals surface area contributed by atoms with Gasteiger partial charge in [-0.2, -0.15) is 10.1 Å². The van der Waals surface area contributed by atoms with Crippen molar-refractivity contribution in [1.29, 1.82) is 0 Å². The molecule has 9 heteroatoms. The summed E-state index contributed by atoms with van der Waals surface area (Å²) in [6.45, 7) is 0.225. The number of rotatable bonds is 6. The third kappa shape index (κ3) is 4.32. The summed E-state index contributed by atoms with van der Waals surface area (Å²) in [5, 5.41) is 6.58. The van der Waals surface area contributed by atoms with Crippen LogP contribution in [-0.2, 0) is 16.2 Å². The van der Waals surface area contributed by atoms with E-state index in [0.717, 1.165) is 36.4 Å². The van der Waals surface area contributed by atoms with Crippen molar-refractivity contribution < 1.29 is 19.1 Å². The molecule has 0 saturated carbocycles. The smallest absolute Gasteiger partial charge is 0.254 e. The first-order valence-electron chi connectivity index (χ1n) is 13.4. The van der Waals surface area contributed by atoms with Crippen LogP contribution < -0.4 is 9.47 Å². The minimum absolute atomic E-state index is 0.171. The van der Waals surface area contributed by atoms with Crippen molar-refractivity contribution >= 4 is 63.8 Å². The zero-order chi connectivity index (χ0) is 29.1. The molecule has 1 saturated heterocycles. The van der Waals surface area contributed by atoms with Gasteiger partial charge in [0.1, 0.15) is 6.61 Å². The molecule has 8 rings (SSSR count). The minimum atomic E-state index is -0.477. The number of hydrazone groups is 1. The van der Waals surface area contributed by atoms with E-state index in [0.29, 0.717) is 27.1 Å². The monoisotopic (exact) mass is 708 g/mol. The molecule has 1 aliphatic heterocycles. The maximum Gasteiger partial charge on any atom is 0.254 e. The summed E-state index contributed by atoms with van der Waals surface area (Å²) in [7, 11) is 1.55. The van der Waals surface area contributed by atoms with E-state index in [2.05, 4.69) is 52.0 Å². The SMILES string of the molecule is COc1cc(/C=N\N2C(=O)[C@H]3C4c5ccccc5C(c5ccccc54)[C@@H]3C2=O)cc(I)c1OCc1ccc(Cl)cc1Cl. The Balaban J connectivity index is 1.17. The lowest BCUT2D eigenvalue weighted by Gasteiger charge is -2.45. The summed E-state index contributed by atoms with van der Waals surface area (Å²) in [5.74, 6) is -0.781. The highest BCUT2D eigenvalue weighted by molar-refractivity contribution is 14.1. The van der Waals surface area contributed by atoms with Crippen LogP contribution >= 0.6 is 45.8 Å². The normalized spacial score (nSPS) is 21.9. The maximum atomic E-state index is 13.8. The number of benzene rings is 4. The van der Waals surface area contributed by atoms with Crippen molar-refractivity contribution in [1.82, 2.24) is 5.01 Å². The Morgan fingerprint density at radius 2 is 1.43 bits per heavy atom. The molecular formula is C33H23Cl2IN2O4. The second-order valence-corrected chi connectivity index (χ2v) is 12.6. The van der Waals surface area contributed by atoms with Gasteiger partial charge in [0.25, 0.3) is 11.8 Å². The van der Waals surface area contributed by atoms with Gasteiger partial charge >= 0.3 is 0 Å².